The maximum Gasteiger partial charge on any atom is 0.252 e. The highest BCUT2D eigenvalue weighted by atomic mass is 32.2. The second kappa shape index (κ2) is 10.6. The van der Waals surface area contributed by atoms with Crippen molar-refractivity contribution in [2.75, 3.05) is 14.7 Å². The standard InChI is InChI=1S/C44H30BN3S2/c1-27-17-21-29(22-18-27)46(30-23-19-28(2)20-24-30)31-25-36-42-37(26-31)48-35-12-4-6-14-39(35)50-41-16-8-10-33(44(41)48)45(42)32-9-7-15-40-43(32)47(36)34-11-3-5-13-38(34)49-40/h3-26H,1-2H3. The molecule has 0 saturated carbocycles. The number of fused-ring (bicyclic) bond motifs is 8. The lowest BCUT2D eigenvalue weighted by molar-refractivity contribution is 1.14. The molecule has 0 spiro atoms. The van der Waals surface area contributed by atoms with Gasteiger partial charge in [0.15, 0.2) is 0 Å². The summed E-state index contributed by atoms with van der Waals surface area (Å²) in [5.41, 5.74) is 17.6. The summed E-state index contributed by atoms with van der Waals surface area (Å²) >= 11 is 3.78. The van der Waals surface area contributed by atoms with Crippen LogP contribution in [0.25, 0.3) is 0 Å². The average Bonchev–Trinajstić information content (AvgIpc) is 3.15. The van der Waals surface area contributed by atoms with Crippen LogP contribution in [0.2, 0.25) is 0 Å². The molecule has 4 aliphatic rings. The minimum Gasteiger partial charge on any atom is -0.310 e. The Morgan fingerprint density at radius 2 is 0.880 bits per heavy atom. The van der Waals surface area contributed by atoms with E-state index in [0.717, 1.165) is 17.1 Å². The molecule has 7 aromatic rings. The van der Waals surface area contributed by atoms with Gasteiger partial charge in [0, 0.05) is 42.3 Å². The maximum absolute atomic E-state index is 2.57. The molecule has 0 atom stereocenters. The van der Waals surface area contributed by atoms with Gasteiger partial charge in [0.25, 0.3) is 6.71 Å². The van der Waals surface area contributed by atoms with Crippen molar-refractivity contribution in [3.63, 3.8) is 0 Å². The summed E-state index contributed by atoms with van der Waals surface area (Å²) in [6.45, 7) is 4.42. The van der Waals surface area contributed by atoms with Crippen LogP contribution in [0, 0.1) is 13.8 Å². The molecule has 0 aliphatic carbocycles. The summed E-state index contributed by atoms with van der Waals surface area (Å²) < 4.78 is 0. The van der Waals surface area contributed by atoms with E-state index < -0.39 is 0 Å². The van der Waals surface area contributed by atoms with Crippen molar-refractivity contribution in [3.8, 4) is 0 Å². The molecule has 6 heteroatoms. The van der Waals surface area contributed by atoms with E-state index in [1.807, 2.05) is 23.5 Å². The van der Waals surface area contributed by atoms with Gasteiger partial charge in [-0.1, -0.05) is 107 Å². The lowest BCUT2D eigenvalue weighted by Gasteiger charge is -2.48. The Morgan fingerprint density at radius 3 is 1.36 bits per heavy atom. The van der Waals surface area contributed by atoms with Crippen molar-refractivity contribution in [2.45, 2.75) is 33.4 Å². The number of aryl methyl sites for hydroxylation is 2. The summed E-state index contributed by atoms with van der Waals surface area (Å²) in [5.74, 6) is 0. The molecule has 236 valence electrons. The first-order valence-corrected chi connectivity index (χ1v) is 18.8. The zero-order chi connectivity index (χ0) is 33.1. The van der Waals surface area contributed by atoms with Crippen molar-refractivity contribution in [1.82, 2.24) is 0 Å². The number of hydrogen-bond donors (Lipinski definition) is 0. The summed E-state index contributed by atoms with van der Waals surface area (Å²) in [7, 11) is 0. The molecule has 0 fully saturated rings. The molecule has 0 aromatic heterocycles. The van der Waals surface area contributed by atoms with E-state index in [1.165, 1.54) is 81.2 Å². The third-order valence-corrected chi connectivity index (χ3v) is 12.7. The summed E-state index contributed by atoms with van der Waals surface area (Å²) in [6.07, 6.45) is 0. The quantitative estimate of drug-likeness (QED) is 0.172. The monoisotopic (exact) mass is 675 g/mol. The summed E-state index contributed by atoms with van der Waals surface area (Å²) in [5, 5.41) is 0. The Hall–Kier alpha value is -5.30. The lowest BCUT2D eigenvalue weighted by Crippen LogP contribution is -2.62. The smallest absolute Gasteiger partial charge is 0.252 e. The van der Waals surface area contributed by atoms with E-state index in [4.69, 9.17) is 0 Å². The number of anilines is 9. The van der Waals surface area contributed by atoms with Crippen LogP contribution in [-0.4, -0.2) is 6.71 Å². The molecule has 3 nitrogen and oxygen atoms in total. The van der Waals surface area contributed by atoms with Crippen molar-refractivity contribution in [2.24, 2.45) is 0 Å². The van der Waals surface area contributed by atoms with Crippen LogP contribution in [-0.2, 0) is 0 Å². The topological polar surface area (TPSA) is 9.72 Å². The van der Waals surface area contributed by atoms with Gasteiger partial charge in [-0.3, -0.25) is 0 Å². The molecule has 0 saturated heterocycles. The number of hydrogen-bond acceptors (Lipinski definition) is 5. The fraction of sp³-hybridized carbons (Fsp3) is 0.0455. The molecule has 0 bridgehead atoms. The van der Waals surface area contributed by atoms with Gasteiger partial charge in [-0.05, 0) is 103 Å². The first kappa shape index (κ1) is 28.5. The second-order valence-corrected chi connectivity index (χ2v) is 15.7. The third-order valence-electron chi connectivity index (χ3n) is 10.5. The minimum atomic E-state index is 0.107. The van der Waals surface area contributed by atoms with Crippen LogP contribution in [0.4, 0.5) is 51.2 Å². The number of benzene rings is 7. The van der Waals surface area contributed by atoms with Crippen LogP contribution in [0.5, 0.6) is 0 Å². The van der Waals surface area contributed by atoms with Gasteiger partial charge in [0.1, 0.15) is 0 Å². The maximum atomic E-state index is 2.57. The average molecular weight is 676 g/mol. The SMILES string of the molecule is Cc1ccc(N(c2ccc(C)cc2)c2cc3c4c(c2)N2c5ccccc5Sc5cccc(c52)B4c2cccc4c2N3c2ccccc2S4)cc1. The van der Waals surface area contributed by atoms with Crippen molar-refractivity contribution < 1.29 is 0 Å². The highest BCUT2D eigenvalue weighted by Gasteiger charge is 2.47. The van der Waals surface area contributed by atoms with Gasteiger partial charge in [0.05, 0.1) is 28.4 Å². The largest absolute Gasteiger partial charge is 0.310 e. The molecule has 11 rings (SSSR count). The molecule has 4 aliphatic heterocycles. The zero-order valence-electron chi connectivity index (χ0n) is 27.6. The molecule has 7 aromatic carbocycles. The van der Waals surface area contributed by atoms with Gasteiger partial charge in [-0.25, -0.2) is 0 Å². The number of para-hydroxylation sites is 4. The van der Waals surface area contributed by atoms with E-state index in [-0.39, 0.29) is 6.71 Å². The molecule has 0 amide bonds. The van der Waals surface area contributed by atoms with E-state index >= 15 is 0 Å². The molecular weight excluding hydrogens is 645 g/mol. The Bertz CT molecular complexity index is 2370. The summed E-state index contributed by atoms with van der Waals surface area (Å²) in [6, 6.07) is 54.5. The van der Waals surface area contributed by atoms with Crippen molar-refractivity contribution in [3.05, 3.63) is 157 Å². The highest BCUT2D eigenvalue weighted by Crippen LogP contribution is 2.57. The molecule has 0 unspecified atom stereocenters. The van der Waals surface area contributed by atoms with Crippen molar-refractivity contribution >= 4 is 97.8 Å². The van der Waals surface area contributed by atoms with Crippen LogP contribution in [0.1, 0.15) is 11.1 Å². The molecular formula is C44H30BN3S2. The van der Waals surface area contributed by atoms with E-state index in [9.17, 15) is 0 Å². The Balaban J connectivity index is 1.28. The van der Waals surface area contributed by atoms with Gasteiger partial charge < -0.3 is 14.7 Å². The number of nitrogens with zero attached hydrogens (tertiary/aromatic N) is 3. The normalized spacial score (nSPS) is 13.9. The first-order chi connectivity index (χ1) is 24.6. The van der Waals surface area contributed by atoms with E-state index in [0.29, 0.717) is 0 Å². The second-order valence-electron chi connectivity index (χ2n) is 13.5. The molecule has 50 heavy (non-hydrogen) atoms. The molecule has 0 N–H and O–H groups in total. The Morgan fingerprint density at radius 1 is 0.440 bits per heavy atom. The van der Waals surface area contributed by atoms with Crippen LogP contribution >= 0.6 is 23.5 Å². The van der Waals surface area contributed by atoms with Crippen LogP contribution in [0.15, 0.2) is 165 Å². The van der Waals surface area contributed by atoms with Crippen LogP contribution < -0.4 is 31.1 Å². The Labute approximate surface area is 301 Å². The van der Waals surface area contributed by atoms with Gasteiger partial charge in [-0.15, -0.1) is 0 Å². The summed E-state index contributed by atoms with van der Waals surface area (Å²) in [4.78, 5) is 12.7. The number of rotatable bonds is 3. The van der Waals surface area contributed by atoms with Crippen LogP contribution in [0.3, 0.4) is 0 Å². The van der Waals surface area contributed by atoms with E-state index in [1.54, 1.807) is 0 Å². The third kappa shape index (κ3) is 3.97. The fourth-order valence-corrected chi connectivity index (χ4v) is 10.5. The Kier molecular flexibility index (Phi) is 6.05. The molecule has 4 heterocycles. The minimum absolute atomic E-state index is 0.107. The first-order valence-electron chi connectivity index (χ1n) is 17.1. The lowest BCUT2D eigenvalue weighted by atomic mass is 9.33. The van der Waals surface area contributed by atoms with E-state index in [2.05, 4.69) is 174 Å². The van der Waals surface area contributed by atoms with Gasteiger partial charge >= 0.3 is 0 Å². The fourth-order valence-electron chi connectivity index (χ4n) is 8.34. The molecule has 0 radical (unpaired) electrons. The predicted octanol–water partition coefficient (Wildman–Crippen LogP) is 10.8. The highest BCUT2D eigenvalue weighted by molar-refractivity contribution is 8.00. The zero-order valence-corrected chi connectivity index (χ0v) is 29.2. The van der Waals surface area contributed by atoms with Gasteiger partial charge in [0.2, 0.25) is 0 Å². The van der Waals surface area contributed by atoms with Gasteiger partial charge in [-0.2, -0.15) is 0 Å². The van der Waals surface area contributed by atoms with Crippen molar-refractivity contribution in [1.29, 1.82) is 0 Å². The predicted molar refractivity (Wildman–Crippen MR) is 213 cm³/mol.